The topological polar surface area (TPSA) is 21.3 Å². The summed E-state index contributed by atoms with van der Waals surface area (Å²) in [5.41, 5.74) is 0.335. The van der Waals surface area contributed by atoms with Crippen molar-refractivity contribution in [2.24, 2.45) is 11.3 Å². The van der Waals surface area contributed by atoms with Gasteiger partial charge in [0.2, 0.25) is 0 Å². The molecule has 0 aromatic heterocycles. The minimum absolute atomic E-state index is 0.335. The standard InChI is InChI=1S/C14H31NO/c1-12(2)7-9-16-10-8-14(5,6)11-15-13(3)4/h12-13,15H,7-11H2,1-6H3. The van der Waals surface area contributed by atoms with E-state index in [9.17, 15) is 0 Å². The van der Waals surface area contributed by atoms with E-state index in [0.29, 0.717) is 11.5 Å². The maximum absolute atomic E-state index is 5.66. The highest BCUT2D eigenvalue weighted by atomic mass is 16.5. The van der Waals surface area contributed by atoms with E-state index >= 15 is 0 Å². The summed E-state index contributed by atoms with van der Waals surface area (Å²) in [5.74, 6) is 0.746. The van der Waals surface area contributed by atoms with Gasteiger partial charge in [-0.05, 0) is 24.2 Å². The predicted octanol–water partition coefficient (Wildman–Crippen LogP) is 3.46. The molecule has 0 atom stereocenters. The smallest absolute Gasteiger partial charge is 0.0471 e. The molecule has 1 N–H and O–H groups in total. The van der Waals surface area contributed by atoms with Crippen molar-refractivity contribution >= 4 is 0 Å². The average Bonchev–Trinajstić information content (AvgIpc) is 2.14. The molecule has 0 aliphatic carbocycles. The lowest BCUT2D eigenvalue weighted by Crippen LogP contribution is -2.34. The van der Waals surface area contributed by atoms with Crippen LogP contribution in [0.15, 0.2) is 0 Å². The van der Waals surface area contributed by atoms with E-state index in [2.05, 4.69) is 46.9 Å². The van der Waals surface area contributed by atoms with E-state index in [0.717, 1.165) is 32.1 Å². The predicted molar refractivity (Wildman–Crippen MR) is 71.8 cm³/mol. The third-order valence-corrected chi connectivity index (χ3v) is 2.75. The minimum Gasteiger partial charge on any atom is -0.381 e. The van der Waals surface area contributed by atoms with Crippen LogP contribution in [-0.4, -0.2) is 25.8 Å². The van der Waals surface area contributed by atoms with Crippen molar-refractivity contribution in [1.29, 1.82) is 0 Å². The third-order valence-electron chi connectivity index (χ3n) is 2.75. The van der Waals surface area contributed by atoms with E-state index in [1.165, 1.54) is 6.42 Å². The van der Waals surface area contributed by atoms with Gasteiger partial charge in [-0.3, -0.25) is 0 Å². The summed E-state index contributed by atoms with van der Waals surface area (Å²) in [4.78, 5) is 0. The van der Waals surface area contributed by atoms with Gasteiger partial charge < -0.3 is 10.1 Å². The molecule has 0 radical (unpaired) electrons. The highest BCUT2D eigenvalue weighted by Crippen LogP contribution is 2.19. The molecular formula is C14H31NO. The lowest BCUT2D eigenvalue weighted by molar-refractivity contribution is 0.0949. The van der Waals surface area contributed by atoms with Gasteiger partial charge >= 0.3 is 0 Å². The molecule has 0 saturated carbocycles. The number of hydrogen-bond donors (Lipinski definition) is 1. The summed E-state index contributed by atoms with van der Waals surface area (Å²) in [7, 11) is 0. The molecule has 0 aromatic rings. The van der Waals surface area contributed by atoms with Crippen LogP contribution in [0.2, 0.25) is 0 Å². The second kappa shape index (κ2) is 8.08. The van der Waals surface area contributed by atoms with Crippen LogP contribution in [0.1, 0.15) is 54.4 Å². The molecule has 0 fully saturated rings. The van der Waals surface area contributed by atoms with Crippen LogP contribution in [0.3, 0.4) is 0 Å². The lowest BCUT2D eigenvalue weighted by Gasteiger charge is -2.26. The van der Waals surface area contributed by atoms with Crippen LogP contribution in [0.5, 0.6) is 0 Å². The van der Waals surface area contributed by atoms with Crippen molar-refractivity contribution in [2.75, 3.05) is 19.8 Å². The van der Waals surface area contributed by atoms with Gasteiger partial charge in [0.05, 0.1) is 0 Å². The SMILES string of the molecule is CC(C)CCOCCC(C)(C)CNC(C)C. The van der Waals surface area contributed by atoms with E-state index < -0.39 is 0 Å². The second-order valence-corrected chi connectivity index (χ2v) is 6.24. The van der Waals surface area contributed by atoms with E-state index in [1.807, 2.05) is 0 Å². The molecule has 0 bridgehead atoms. The molecule has 0 amide bonds. The Labute approximate surface area is 102 Å². The Balaban J connectivity index is 3.50. The largest absolute Gasteiger partial charge is 0.381 e. The van der Waals surface area contributed by atoms with Crippen LogP contribution >= 0.6 is 0 Å². The Kier molecular flexibility index (Phi) is 8.04. The van der Waals surface area contributed by atoms with Gasteiger partial charge in [-0.15, -0.1) is 0 Å². The zero-order valence-corrected chi connectivity index (χ0v) is 12.1. The van der Waals surface area contributed by atoms with Crippen LogP contribution in [0, 0.1) is 11.3 Å². The molecular weight excluding hydrogens is 198 g/mol. The summed E-state index contributed by atoms with van der Waals surface area (Å²) in [6.07, 6.45) is 2.30. The molecule has 98 valence electrons. The van der Waals surface area contributed by atoms with Gasteiger partial charge in [-0.25, -0.2) is 0 Å². The molecule has 0 spiro atoms. The summed E-state index contributed by atoms with van der Waals surface area (Å²) in [6.45, 7) is 16.3. The molecule has 0 aliphatic heterocycles. The fourth-order valence-electron chi connectivity index (χ4n) is 1.34. The summed E-state index contributed by atoms with van der Waals surface area (Å²) in [6, 6.07) is 0.570. The first-order chi connectivity index (χ1) is 7.33. The Bertz CT molecular complexity index is 164. The third kappa shape index (κ3) is 10.4. The quantitative estimate of drug-likeness (QED) is 0.611. The van der Waals surface area contributed by atoms with Crippen LogP contribution in [-0.2, 0) is 4.74 Å². The van der Waals surface area contributed by atoms with Gasteiger partial charge in [-0.2, -0.15) is 0 Å². The Morgan fingerprint density at radius 3 is 2.19 bits per heavy atom. The van der Waals surface area contributed by atoms with E-state index in [-0.39, 0.29) is 0 Å². The van der Waals surface area contributed by atoms with Gasteiger partial charge in [-0.1, -0.05) is 41.5 Å². The Morgan fingerprint density at radius 1 is 1.06 bits per heavy atom. The minimum atomic E-state index is 0.335. The first kappa shape index (κ1) is 15.9. The van der Waals surface area contributed by atoms with Gasteiger partial charge in [0.25, 0.3) is 0 Å². The summed E-state index contributed by atoms with van der Waals surface area (Å²) < 4.78 is 5.66. The lowest BCUT2D eigenvalue weighted by atomic mass is 9.89. The molecule has 16 heavy (non-hydrogen) atoms. The fraction of sp³-hybridized carbons (Fsp3) is 1.00. The number of nitrogens with one attached hydrogen (secondary N) is 1. The van der Waals surface area contributed by atoms with Crippen molar-refractivity contribution in [3.8, 4) is 0 Å². The molecule has 0 saturated heterocycles. The fourth-order valence-corrected chi connectivity index (χ4v) is 1.34. The van der Waals surface area contributed by atoms with E-state index in [4.69, 9.17) is 4.74 Å². The van der Waals surface area contributed by atoms with Crippen LogP contribution < -0.4 is 5.32 Å². The van der Waals surface area contributed by atoms with Crippen molar-refractivity contribution < 1.29 is 4.74 Å². The van der Waals surface area contributed by atoms with Gasteiger partial charge in [0, 0.05) is 25.8 Å². The molecule has 0 unspecified atom stereocenters. The van der Waals surface area contributed by atoms with E-state index in [1.54, 1.807) is 0 Å². The summed E-state index contributed by atoms with van der Waals surface area (Å²) in [5, 5.41) is 3.49. The maximum Gasteiger partial charge on any atom is 0.0471 e. The molecule has 2 heteroatoms. The van der Waals surface area contributed by atoms with Crippen molar-refractivity contribution in [2.45, 2.75) is 60.4 Å². The first-order valence-electron chi connectivity index (χ1n) is 6.64. The second-order valence-electron chi connectivity index (χ2n) is 6.24. The number of rotatable bonds is 9. The molecule has 0 aliphatic rings. The molecule has 2 nitrogen and oxygen atoms in total. The molecule has 0 heterocycles. The highest BCUT2D eigenvalue weighted by Gasteiger charge is 2.17. The number of hydrogen-bond acceptors (Lipinski definition) is 2. The average molecular weight is 229 g/mol. The normalized spacial score (nSPS) is 12.8. The first-order valence-corrected chi connectivity index (χ1v) is 6.64. The maximum atomic E-state index is 5.66. The number of ether oxygens (including phenoxy) is 1. The molecule has 0 rings (SSSR count). The summed E-state index contributed by atoms with van der Waals surface area (Å²) >= 11 is 0. The Morgan fingerprint density at radius 2 is 1.69 bits per heavy atom. The van der Waals surface area contributed by atoms with Crippen molar-refractivity contribution in [3.63, 3.8) is 0 Å². The zero-order chi connectivity index (χ0) is 12.6. The van der Waals surface area contributed by atoms with Crippen LogP contribution in [0.25, 0.3) is 0 Å². The Hall–Kier alpha value is -0.0800. The van der Waals surface area contributed by atoms with Crippen molar-refractivity contribution in [3.05, 3.63) is 0 Å². The molecule has 0 aromatic carbocycles. The van der Waals surface area contributed by atoms with Gasteiger partial charge in [0.15, 0.2) is 0 Å². The monoisotopic (exact) mass is 229 g/mol. The van der Waals surface area contributed by atoms with Crippen molar-refractivity contribution in [1.82, 2.24) is 5.32 Å². The zero-order valence-electron chi connectivity index (χ0n) is 12.1. The highest BCUT2D eigenvalue weighted by molar-refractivity contribution is 4.72. The van der Waals surface area contributed by atoms with Gasteiger partial charge in [0.1, 0.15) is 0 Å². The van der Waals surface area contributed by atoms with Crippen LogP contribution in [0.4, 0.5) is 0 Å².